The summed E-state index contributed by atoms with van der Waals surface area (Å²) in [6, 6.07) is 2.03. The van der Waals surface area contributed by atoms with Gasteiger partial charge in [-0.2, -0.15) is 11.3 Å². The van der Waals surface area contributed by atoms with Crippen LogP contribution in [0.2, 0.25) is 0 Å². The Bertz CT molecular complexity index is 394. The van der Waals surface area contributed by atoms with E-state index in [1.807, 2.05) is 23.8 Å². The van der Waals surface area contributed by atoms with E-state index in [1.165, 1.54) is 5.56 Å². The number of aryl methyl sites for hydroxylation is 1. The summed E-state index contributed by atoms with van der Waals surface area (Å²) in [5.41, 5.74) is 1.96. The van der Waals surface area contributed by atoms with Gasteiger partial charge in [0.25, 0.3) is 0 Å². The molecule has 0 bridgehead atoms. The molecule has 14 heavy (non-hydrogen) atoms. The molecule has 1 N–H and O–H groups in total. The van der Waals surface area contributed by atoms with Gasteiger partial charge in [0.15, 0.2) is 0 Å². The van der Waals surface area contributed by atoms with E-state index in [0.717, 1.165) is 10.7 Å². The summed E-state index contributed by atoms with van der Waals surface area (Å²) >= 11 is 3.23. The van der Waals surface area contributed by atoms with Crippen LogP contribution in [0.5, 0.6) is 0 Å². The average Bonchev–Trinajstić information content (AvgIpc) is 2.75. The van der Waals surface area contributed by atoms with E-state index in [-0.39, 0.29) is 0 Å². The Hall–Kier alpha value is -0.710. The molecule has 2 rings (SSSR count). The van der Waals surface area contributed by atoms with Gasteiger partial charge >= 0.3 is 0 Å². The molecule has 1 atom stereocenters. The minimum atomic E-state index is -0.463. The zero-order chi connectivity index (χ0) is 9.97. The molecular formula is C10H11NOS2. The van der Waals surface area contributed by atoms with Gasteiger partial charge in [0.2, 0.25) is 0 Å². The highest BCUT2D eigenvalue weighted by Gasteiger charge is 2.11. The van der Waals surface area contributed by atoms with Crippen LogP contribution in [0.1, 0.15) is 22.4 Å². The van der Waals surface area contributed by atoms with Crippen molar-refractivity contribution in [2.45, 2.75) is 19.4 Å². The maximum Gasteiger partial charge on any atom is 0.101 e. The number of aromatic nitrogens is 1. The van der Waals surface area contributed by atoms with Gasteiger partial charge in [-0.05, 0) is 29.3 Å². The third-order valence-electron chi connectivity index (χ3n) is 1.99. The van der Waals surface area contributed by atoms with E-state index < -0.39 is 6.10 Å². The van der Waals surface area contributed by atoms with Gasteiger partial charge in [-0.1, -0.05) is 0 Å². The fourth-order valence-electron chi connectivity index (χ4n) is 1.27. The van der Waals surface area contributed by atoms with Crippen LogP contribution >= 0.6 is 22.7 Å². The number of thiophene rings is 1. The van der Waals surface area contributed by atoms with Crippen LogP contribution in [0.4, 0.5) is 0 Å². The number of hydrogen-bond donors (Lipinski definition) is 1. The highest BCUT2D eigenvalue weighted by molar-refractivity contribution is 7.09. The number of aliphatic hydroxyl groups is 1. The molecule has 0 aliphatic carbocycles. The standard InChI is InChI=1S/C10H11NOS2/c1-7-11-9(6-14-7)10(12)4-8-2-3-13-5-8/h2-3,5-6,10,12H,4H2,1H3. The Morgan fingerprint density at radius 2 is 2.36 bits per heavy atom. The lowest BCUT2D eigenvalue weighted by Crippen LogP contribution is -2.01. The zero-order valence-electron chi connectivity index (χ0n) is 7.80. The molecule has 1 unspecified atom stereocenters. The molecule has 2 heterocycles. The largest absolute Gasteiger partial charge is 0.386 e. The molecule has 74 valence electrons. The second-order valence-corrected chi connectivity index (χ2v) is 4.99. The predicted molar refractivity (Wildman–Crippen MR) is 59.8 cm³/mol. The van der Waals surface area contributed by atoms with Crippen LogP contribution in [-0.4, -0.2) is 10.1 Å². The average molecular weight is 225 g/mol. The fourth-order valence-corrected chi connectivity index (χ4v) is 2.61. The first-order chi connectivity index (χ1) is 6.75. The molecule has 2 nitrogen and oxygen atoms in total. The summed E-state index contributed by atoms with van der Waals surface area (Å²) in [6.07, 6.45) is 0.196. The number of rotatable bonds is 3. The molecule has 0 spiro atoms. The van der Waals surface area contributed by atoms with Crippen molar-refractivity contribution in [3.05, 3.63) is 38.5 Å². The SMILES string of the molecule is Cc1nc(C(O)Cc2ccsc2)cs1. The smallest absolute Gasteiger partial charge is 0.101 e. The lowest BCUT2D eigenvalue weighted by Gasteiger charge is -2.05. The normalized spacial score (nSPS) is 13.0. The number of aliphatic hydroxyl groups excluding tert-OH is 1. The Balaban J connectivity index is 2.06. The first-order valence-electron chi connectivity index (χ1n) is 4.37. The number of nitrogens with zero attached hydrogens (tertiary/aromatic N) is 1. The van der Waals surface area contributed by atoms with E-state index >= 15 is 0 Å². The van der Waals surface area contributed by atoms with Gasteiger partial charge in [0.05, 0.1) is 10.7 Å². The molecular weight excluding hydrogens is 214 g/mol. The second kappa shape index (κ2) is 4.21. The molecule has 0 amide bonds. The first-order valence-corrected chi connectivity index (χ1v) is 6.19. The molecule has 0 aliphatic rings. The minimum Gasteiger partial charge on any atom is -0.386 e. The fraction of sp³-hybridized carbons (Fsp3) is 0.300. The molecule has 0 aliphatic heterocycles. The van der Waals surface area contributed by atoms with Gasteiger partial charge in [-0.25, -0.2) is 4.98 Å². The van der Waals surface area contributed by atoms with Crippen molar-refractivity contribution in [1.82, 2.24) is 4.98 Å². The topological polar surface area (TPSA) is 33.1 Å². The van der Waals surface area contributed by atoms with Crippen LogP contribution < -0.4 is 0 Å². The van der Waals surface area contributed by atoms with Crippen molar-refractivity contribution in [2.24, 2.45) is 0 Å². The molecule has 0 saturated heterocycles. The minimum absolute atomic E-state index is 0.463. The van der Waals surface area contributed by atoms with Crippen LogP contribution in [0.15, 0.2) is 22.2 Å². The summed E-state index contributed by atoms with van der Waals surface area (Å²) < 4.78 is 0. The summed E-state index contributed by atoms with van der Waals surface area (Å²) in [6.45, 7) is 1.95. The lowest BCUT2D eigenvalue weighted by molar-refractivity contribution is 0.174. The Morgan fingerprint density at radius 3 is 2.93 bits per heavy atom. The van der Waals surface area contributed by atoms with Crippen molar-refractivity contribution in [3.8, 4) is 0 Å². The van der Waals surface area contributed by atoms with Gasteiger partial charge in [-0.15, -0.1) is 11.3 Å². The van der Waals surface area contributed by atoms with Crippen molar-refractivity contribution in [1.29, 1.82) is 0 Å². The quantitative estimate of drug-likeness (QED) is 0.871. The molecule has 0 fully saturated rings. The number of hydrogen-bond acceptors (Lipinski definition) is 4. The monoisotopic (exact) mass is 225 g/mol. The third-order valence-corrected chi connectivity index (χ3v) is 3.51. The van der Waals surface area contributed by atoms with Gasteiger partial charge in [0, 0.05) is 11.8 Å². The van der Waals surface area contributed by atoms with Crippen molar-refractivity contribution >= 4 is 22.7 Å². The highest BCUT2D eigenvalue weighted by atomic mass is 32.1. The first kappa shape index (κ1) is 9.83. The highest BCUT2D eigenvalue weighted by Crippen LogP contribution is 2.21. The van der Waals surface area contributed by atoms with Crippen LogP contribution in [0.3, 0.4) is 0 Å². The summed E-state index contributed by atoms with van der Waals surface area (Å²) in [7, 11) is 0. The predicted octanol–water partition coefficient (Wildman–Crippen LogP) is 2.79. The molecule has 0 aromatic carbocycles. The summed E-state index contributed by atoms with van der Waals surface area (Å²) in [5.74, 6) is 0. The Labute approximate surface area is 90.9 Å². The van der Waals surface area contributed by atoms with Crippen LogP contribution in [0.25, 0.3) is 0 Å². The molecule has 2 aromatic rings. The van der Waals surface area contributed by atoms with E-state index in [0.29, 0.717) is 6.42 Å². The molecule has 0 saturated carbocycles. The van der Waals surface area contributed by atoms with E-state index in [4.69, 9.17) is 0 Å². The van der Waals surface area contributed by atoms with E-state index in [2.05, 4.69) is 10.4 Å². The molecule has 0 radical (unpaired) electrons. The van der Waals surface area contributed by atoms with Crippen LogP contribution in [0, 0.1) is 6.92 Å². The molecule has 2 aromatic heterocycles. The van der Waals surface area contributed by atoms with Gasteiger partial charge in [-0.3, -0.25) is 0 Å². The summed E-state index contributed by atoms with van der Waals surface area (Å²) in [4.78, 5) is 4.26. The van der Waals surface area contributed by atoms with Crippen molar-refractivity contribution < 1.29 is 5.11 Å². The summed E-state index contributed by atoms with van der Waals surface area (Å²) in [5, 5.41) is 16.9. The maximum atomic E-state index is 9.85. The van der Waals surface area contributed by atoms with E-state index in [9.17, 15) is 5.11 Å². The Morgan fingerprint density at radius 1 is 1.50 bits per heavy atom. The third kappa shape index (κ3) is 2.20. The van der Waals surface area contributed by atoms with Gasteiger partial charge in [0.1, 0.15) is 6.10 Å². The maximum absolute atomic E-state index is 9.85. The second-order valence-electron chi connectivity index (χ2n) is 3.14. The number of thiazole rings is 1. The Kier molecular flexibility index (Phi) is 2.96. The lowest BCUT2D eigenvalue weighted by atomic mass is 10.1. The van der Waals surface area contributed by atoms with Crippen molar-refractivity contribution in [2.75, 3.05) is 0 Å². The van der Waals surface area contributed by atoms with Crippen molar-refractivity contribution in [3.63, 3.8) is 0 Å². The van der Waals surface area contributed by atoms with E-state index in [1.54, 1.807) is 22.7 Å². The molecule has 4 heteroatoms. The zero-order valence-corrected chi connectivity index (χ0v) is 9.44. The van der Waals surface area contributed by atoms with Crippen LogP contribution in [-0.2, 0) is 6.42 Å². The van der Waals surface area contributed by atoms with Gasteiger partial charge < -0.3 is 5.11 Å².